The minimum atomic E-state index is 0.111. The number of aromatic nitrogens is 5. The van der Waals surface area contributed by atoms with Crippen LogP contribution in [0.4, 0.5) is 11.5 Å². The molecule has 1 unspecified atom stereocenters. The summed E-state index contributed by atoms with van der Waals surface area (Å²) in [5.74, 6) is 0.473. The number of fused-ring (bicyclic) bond motifs is 3. The minimum Gasteiger partial charge on any atom is -0.382 e. The zero-order valence-corrected chi connectivity index (χ0v) is 9.92. The molecule has 2 N–H and O–H groups in total. The first kappa shape index (κ1) is 10.0. The predicted molar refractivity (Wildman–Crippen MR) is 63.3 cm³/mol. The van der Waals surface area contributed by atoms with Gasteiger partial charge in [0.25, 0.3) is 0 Å². The minimum absolute atomic E-state index is 0.111. The smallest absolute Gasteiger partial charge is 0.151 e. The number of hydrogen-bond donors (Lipinski definition) is 1. The van der Waals surface area contributed by atoms with Crippen molar-refractivity contribution in [3.05, 3.63) is 12.0 Å². The molecule has 17 heavy (non-hydrogen) atoms. The summed E-state index contributed by atoms with van der Waals surface area (Å²) in [7, 11) is 3.76. The van der Waals surface area contributed by atoms with Crippen molar-refractivity contribution in [1.82, 2.24) is 25.0 Å². The number of nitrogens with zero attached hydrogens (tertiary/aromatic N) is 6. The lowest BCUT2D eigenvalue weighted by Crippen LogP contribution is -2.28. The second kappa shape index (κ2) is 3.16. The van der Waals surface area contributed by atoms with Gasteiger partial charge in [0.1, 0.15) is 29.1 Å². The van der Waals surface area contributed by atoms with Crippen molar-refractivity contribution >= 4 is 11.5 Å². The van der Waals surface area contributed by atoms with Crippen molar-refractivity contribution in [3.63, 3.8) is 0 Å². The average Bonchev–Trinajstić information content (AvgIpc) is 2.68. The van der Waals surface area contributed by atoms with E-state index in [2.05, 4.69) is 27.1 Å². The number of hydrogen-bond acceptors (Lipinski definition) is 6. The van der Waals surface area contributed by atoms with Crippen LogP contribution in [-0.4, -0.2) is 32.0 Å². The highest BCUT2D eigenvalue weighted by atomic mass is 15.5. The Hall–Kier alpha value is -2.18. The van der Waals surface area contributed by atoms with Crippen LogP contribution in [0.25, 0.3) is 11.4 Å². The summed E-state index contributed by atoms with van der Waals surface area (Å²) in [5.41, 5.74) is 9.20. The van der Waals surface area contributed by atoms with E-state index in [1.807, 2.05) is 11.9 Å². The van der Waals surface area contributed by atoms with Crippen LogP contribution in [0.15, 0.2) is 6.33 Å². The number of rotatable bonds is 0. The summed E-state index contributed by atoms with van der Waals surface area (Å²) in [5, 5.41) is 8.73. The highest BCUT2D eigenvalue weighted by Crippen LogP contribution is 2.42. The van der Waals surface area contributed by atoms with Crippen molar-refractivity contribution in [2.75, 3.05) is 17.7 Å². The van der Waals surface area contributed by atoms with Crippen LogP contribution in [0.2, 0.25) is 0 Å². The van der Waals surface area contributed by atoms with Gasteiger partial charge in [-0.15, -0.1) is 0 Å². The molecule has 7 heteroatoms. The van der Waals surface area contributed by atoms with E-state index in [1.54, 1.807) is 11.8 Å². The number of nitrogen functional groups attached to an aromatic ring is 1. The van der Waals surface area contributed by atoms with Crippen molar-refractivity contribution in [2.24, 2.45) is 7.05 Å². The van der Waals surface area contributed by atoms with Crippen LogP contribution in [0.5, 0.6) is 0 Å². The molecule has 1 atom stereocenters. The Kier molecular flexibility index (Phi) is 1.86. The van der Waals surface area contributed by atoms with Gasteiger partial charge in [0.2, 0.25) is 0 Å². The van der Waals surface area contributed by atoms with E-state index in [-0.39, 0.29) is 6.04 Å². The summed E-state index contributed by atoms with van der Waals surface area (Å²) >= 11 is 0. The molecule has 2 aromatic heterocycles. The lowest BCUT2D eigenvalue weighted by Gasteiger charge is -2.31. The Labute approximate surface area is 98.3 Å². The molecule has 2 aromatic rings. The van der Waals surface area contributed by atoms with Crippen molar-refractivity contribution < 1.29 is 0 Å². The highest BCUT2D eigenvalue weighted by Gasteiger charge is 2.32. The van der Waals surface area contributed by atoms with E-state index < -0.39 is 0 Å². The maximum atomic E-state index is 5.91. The van der Waals surface area contributed by atoms with Crippen LogP contribution in [0.1, 0.15) is 18.7 Å². The molecule has 88 valence electrons. The van der Waals surface area contributed by atoms with E-state index in [0.717, 1.165) is 22.8 Å². The Bertz CT molecular complexity index is 588. The SMILES string of the molecule is CC1c2nn(C)nc2-c2ncnc(N)c2N1C. The topological polar surface area (TPSA) is 85.8 Å². The van der Waals surface area contributed by atoms with Crippen LogP contribution in [0.3, 0.4) is 0 Å². The van der Waals surface area contributed by atoms with E-state index >= 15 is 0 Å². The second-order valence-electron chi connectivity index (χ2n) is 4.17. The lowest BCUT2D eigenvalue weighted by molar-refractivity contribution is 0.625. The fourth-order valence-corrected chi connectivity index (χ4v) is 2.16. The van der Waals surface area contributed by atoms with Crippen LogP contribution < -0.4 is 10.6 Å². The molecule has 0 saturated carbocycles. The molecule has 0 spiro atoms. The van der Waals surface area contributed by atoms with Crippen molar-refractivity contribution in [1.29, 1.82) is 0 Å². The molecule has 3 heterocycles. The maximum absolute atomic E-state index is 5.91. The molecule has 1 aliphatic heterocycles. The van der Waals surface area contributed by atoms with Gasteiger partial charge in [-0.25, -0.2) is 9.97 Å². The van der Waals surface area contributed by atoms with Gasteiger partial charge in [0.05, 0.1) is 6.04 Å². The second-order valence-corrected chi connectivity index (χ2v) is 4.17. The largest absolute Gasteiger partial charge is 0.382 e. The average molecular weight is 231 g/mol. The summed E-state index contributed by atoms with van der Waals surface area (Å²) in [6.07, 6.45) is 1.45. The van der Waals surface area contributed by atoms with Crippen molar-refractivity contribution in [3.8, 4) is 11.4 Å². The molecule has 3 rings (SSSR count). The lowest BCUT2D eigenvalue weighted by atomic mass is 10.0. The number of aryl methyl sites for hydroxylation is 1. The number of anilines is 2. The molecular weight excluding hydrogens is 218 g/mol. The molecule has 0 saturated heterocycles. The number of nitrogens with two attached hydrogens (primary N) is 1. The van der Waals surface area contributed by atoms with Crippen LogP contribution in [0, 0.1) is 0 Å². The fraction of sp³-hybridized carbons (Fsp3) is 0.400. The third kappa shape index (κ3) is 1.22. The van der Waals surface area contributed by atoms with Gasteiger partial charge in [-0.2, -0.15) is 15.0 Å². The summed E-state index contributed by atoms with van der Waals surface area (Å²) < 4.78 is 0. The van der Waals surface area contributed by atoms with Crippen molar-refractivity contribution in [2.45, 2.75) is 13.0 Å². The van der Waals surface area contributed by atoms with Crippen LogP contribution >= 0.6 is 0 Å². The third-order valence-electron chi connectivity index (χ3n) is 3.14. The fourth-order valence-electron chi connectivity index (χ4n) is 2.16. The first-order chi connectivity index (χ1) is 8.09. The molecule has 0 aromatic carbocycles. The normalized spacial score (nSPS) is 17.8. The summed E-state index contributed by atoms with van der Waals surface area (Å²) in [6.45, 7) is 2.06. The van der Waals surface area contributed by atoms with E-state index in [9.17, 15) is 0 Å². The Balaban J connectivity index is 2.35. The molecule has 0 aliphatic carbocycles. The zero-order valence-electron chi connectivity index (χ0n) is 9.92. The summed E-state index contributed by atoms with van der Waals surface area (Å²) in [4.78, 5) is 11.9. The summed E-state index contributed by atoms with van der Waals surface area (Å²) in [6, 6.07) is 0.111. The van der Waals surface area contributed by atoms with Gasteiger partial charge >= 0.3 is 0 Å². The molecule has 0 radical (unpaired) electrons. The Morgan fingerprint density at radius 3 is 2.71 bits per heavy atom. The molecule has 7 nitrogen and oxygen atoms in total. The first-order valence-electron chi connectivity index (χ1n) is 5.34. The van der Waals surface area contributed by atoms with Gasteiger partial charge in [-0.3, -0.25) is 0 Å². The van der Waals surface area contributed by atoms with Gasteiger partial charge in [0.15, 0.2) is 5.82 Å². The maximum Gasteiger partial charge on any atom is 0.151 e. The molecular formula is C10H13N7. The van der Waals surface area contributed by atoms with E-state index in [4.69, 9.17) is 5.73 Å². The van der Waals surface area contributed by atoms with Crippen LogP contribution in [-0.2, 0) is 7.05 Å². The van der Waals surface area contributed by atoms with Gasteiger partial charge < -0.3 is 10.6 Å². The standard InChI is InChI=1S/C10H13N7/c1-5-6-7(15-17(3)14-6)8-9(16(5)2)10(11)13-4-12-8/h4-5H,1-3H3,(H2,11,12,13). The van der Waals surface area contributed by atoms with Gasteiger partial charge in [0, 0.05) is 14.1 Å². The molecule has 0 fully saturated rings. The van der Waals surface area contributed by atoms with Gasteiger partial charge in [-0.05, 0) is 6.92 Å². The first-order valence-corrected chi connectivity index (χ1v) is 5.34. The third-order valence-corrected chi connectivity index (χ3v) is 3.14. The Morgan fingerprint density at radius 2 is 1.94 bits per heavy atom. The predicted octanol–water partition coefficient (Wildman–Crippen LogP) is 0.365. The highest BCUT2D eigenvalue weighted by molar-refractivity contribution is 5.84. The van der Waals surface area contributed by atoms with E-state index in [0.29, 0.717) is 5.82 Å². The van der Waals surface area contributed by atoms with Gasteiger partial charge in [-0.1, -0.05) is 0 Å². The monoisotopic (exact) mass is 231 g/mol. The quantitative estimate of drug-likeness (QED) is 0.704. The molecule has 1 aliphatic rings. The molecule has 0 amide bonds. The van der Waals surface area contributed by atoms with E-state index in [1.165, 1.54) is 6.33 Å². The Morgan fingerprint density at radius 1 is 1.18 bits per heavy atom. The molecule has 0 bridgehead atoms. The zero-order chi connectivity index (χ0) is 12.2.